The molecule has 1 fully saturated rings. The van der Waals surface area contributed by atoms with Gasteiger partial charge >= 0.3 is 6.03 Å². The van der Waals surface area contributed by atoms with E-state index in [1.54, 1.807) is 4.90 Å². The Labute approximate surface area is 117 Å². The fourth-order valence-electron chi connectivity index (χ4n) is 2.54. The van der Waals surface area contributed by atoms with Crippen LogP contribution in [-0.4, -0.2) is 30.1 Å². The number of rotatable bonds is 3. The molecule has 0 saturated carbocycles. The van der Waals surface area contributed by atoms with E-state index < -0.39 is 0 Å². The third-order valence-electron chi connectivity index (χ3n) is 3.36. The first-order valence-electron chi connectivity index (χ1n) is 6.62. The lowest BCUT2D eigenvalue weighted by molar-refractivity contribution is 0.173. The van der Waals surface area contributed by atoms with Gasteiger partial charge in [0.25, 0.3) is 0 Å². The molecule has 2 aliphatic heterocycles. The second-order valence-electron chi connectivity index (χ2n) is 5.41. The van der Waals surface area contributed by atoms with Crippen LogP contribution >= 0.6 is 0 Å². The summed E-state index contributed by atoms with van der Waals surface area (Å²) in [6.07, 6.45) is 0. The minimum absolute atomic E-state index is 0.203. The first-order valence-corrected chi connectivity index (χ1v) is 6.62. The molecule has 1 aromatic carbocycles. The number of benzene rings is 1. The van der Waals surface area contributed by atoms with Gasteiger partial charge in [0.1, 0.15) is 11.9 Å². The largest absolute Gasteiger partial charge is 0.454 e. The molecule has 1 saturated heterocycles. The third-order valence-corrected chi connectivity index (χ3v) is 3.36. The van der Waals surface area contributed by atoms with E-state index in [9.17, 15) is 4.79 Å². The number of fused-ring (bicyclic) bond motifs is 1. The van der Waals surface area contributed by atoms with Crippen LogP contribution in [0.5, 0.6) is 11.5 Å². The molecule has 6 nitrogen and oxygen atoms in total. The van der Waals surface area contributed by atoms with E-state index in [1.807, 2.05) is 32.0 Å². The lowest BCUT2D eigenvalue weighted by Crippen LogP contribution is -2.33. The minimum atomic E-state index is -0.376. The smallest absolute Gasteiger partial charge is 0.323 e. The summed E-state index contributed by atoms with van der Waals surface area (Å²) in [4.78, 5) is 13.6. The SMILES string of the molecule is CC(C)CN1C(=O)NC(=N)C1c1ccc2c(c1)OCO2. The zero-order chi connectivity index (χ0) is 14.3. The molecular formula is C14H17N3O3. The van der Waals surface area contributed by atoms with Crippen LogP contribution in [0.25, 0.3) is 0 Å². The van der Waals surface area contributed by atoms with Crippen LogP contribution in [-0.2, 0) is 0 Å². The molecule has 20 heavy (non-hydrogen) atoms. The molecule has 1 atom stereocenters. The van der Waals surface area contributed by atoms with Gasteiger partial charge in [-0.25, -0.2) is 4.79 Å². The summed E-state index contributed by atoms with van der Waals surface area (Å²) >= 11 is 0. The van der Waals surface area contributed by atoms with Gasteiger partial charge in [-0.1, -0.05) is 19.9 Å². The van der Waals surface area contributed by atoms with E-state index in [-0.39, 0.29) is 24.7 Å². The highest BCUT2D eigenvalue weighted by Gasteiger charge is 2.37. The van der Waals surface area contributed by atoms with Crippen molar-refractivity contribution in [1.29, 1.82) is 5.41 Å². The number of hydrogen-bond donors (Lipinski definition) is 2. The maximum absolute atomic E-state index is 12.0. The van der Waals surface area contributed by atoms with Crippen LogP contribution in [0.4, 0.5) is 4.79 Å². The van der Waals surface area contributed by atoms with Crippen LogP contribution in [0.15, 0.2) is 18.2 Å². The van der Waals surface area contributed by atoms with Gasteiger partial charge < -0.3 is 14.4 Å². The van der Waals surface area contributed by atoms with E-state index in [0.717, 1.165) is 5.56 Å². The Hall–Kier alpha value is -2.24. The fourth-order valence-corrected chi connectivity index (χ4v) is 2.54. The van der Waals surface area contributed by atoms with Crippen LogP contribution in [0.3, 0.4) is 0 Å². The number of nitrogens with one attached hydrogen (secondary N) is 2. The molecule has 2 aliphatic rings. The van der Waals surface area contributed by atoms with Gasteiger partial charge in [0, 0.05) is 6.54 Å². The summed E-state index contributed by atoms with van der Waals surface area (Å²) in [6.45, 7) is 4.92. The molecule has 2 amide bonds. The molecule has 2 N–H and O–H groups in total. The predicted molar refractivity (Wildman–Crippen MR) is 73.1 cm³/mol. The first-order chi connectivity index (χ1) is 9.56. The molecule has 6 heteroatoms. The zero-order valence-electron chi connectivity index (χ0n) is 11.5. The maximum Gasteiger partial charge on any atom is 0.323 e. The van der Waals surface area contributed by atoms with Crippen molar-refractivity contribution >= 4 is 11.9 Å². The Kier molecular flexibility index (Phi) is 3.00. The molecule has 3 rings (SSSR count). The molecule has 106 valence electrons. The summed E-state index contributed by atoms with van der Waals surface area (Å²) in [5, 5.41) is 10.6. The molecule has 0 radical (unpaired) electrons. The van der Waals surface area contributed by atoms with Crippen molar-refractivity contribution in [3.8, 4) is 11.5 Å². The Morgan fingerprint density at radius 1 is 1.40 bits per heavy atom. The van der Waals surface area contributed by atoms with Crippen molar-refractivity contribution in [2.24, 2.45) is 5.92 Å². The van der Waals surface area contributed by atoms with E-state index in [0.29, 0.717) is 24.0 Å². The molecule has 2 heterocycles. The Balaban J connectivity index is 1.94. The number of hydrogen-bond acceptors (Lipinski definition) is 4. The number of urea groups is 1. The van der Waals surface area contributed by atoms with E-state index in [2.05, 4.69) is 5.32 Å². The Morgan fingerprint density at radius 3 is 2.90 bits per heavy atom. The van der Waals surface area contributed by atoms with Crippen molar-refractivity contribution < 1.29 is 14.3 Å². The molecule has 1 aromatic rings. The van der Waals surface area contributed by atoms with Crippen LogP contribution < -0.4 is 14.8 Å². The van der Waals surface area contributed by atoms with Gasteiger partial charge in [-0.3, -0.25) is 10.7 Å². The van der Waals surface area contributed by atoms with Crippen molar-refractivity contribution in [2.45, 2.75) is 19.9 Å². The topological polar surface area (TPSA) is 74.7 Å². The van der Waals surface area contributed by atoms with E-state index in [4.69, 9.17) is 14.9 Å². The number of carbonyl (C=O) groups excluding carboxylic acids is 1. The van der Waals surface area contributed by atoms with Crippen molar-refractivity contribution in [3.05, 3.63) is 23.8 Å². The second-order valence-corrected chi connectivity index (χ2v) is 5.41. The molecule has 0 aliphatic carbocycles. The highest BCUT2D eigenvalue weighted by molar-refractivity contribution is 6.06. The van der Waals surface area contributed by atoms with Crippen molar-refractivity contribution in [1.82, 2.24) is 10.2 Å². The maximum atomic E-state index is 12.0. The Bertz CT molecular complexity index is 571. The van der Waals surface area contributed by atoms with Gasteiger partial charge in [-0.2, -0.15) is 0 Å². The standard InChI is InChI=1S/C14H17N3O3/c1-8(2)6-17-12(13(15)16-14(17)18)9-3-4-10-11(5-9)20-7-19-10/h3-5,8,12H,6-7H2,1-2H3,(H2,15,16,18). The van der Waals surface area contributed by atoms with E-state index in [1.165, 1.54) is 0 Å². The van der Waals surface area contributed by atoms with Gasteiger partial charge in [0.2, 0.25) is 6.79 Å². The summed E-state index contributed by atoms with van der Waals surface area (Å²) in [6, 6.07) is 4.95. The van der Waals surface area contributed by atoms with Gasteiger partial charge in [0.05, 0.1) is 0 Å². The third kappa shape index (κ3) is 2.07. The quantitative estimate of drug-likeness (QED) is 0.887. The van der Waals surface area contributed by atoms with Gasteiger partial charge in [0.15, 0.2) is 11.5 Å². The second kappa shape index (κ2) is 4.70. The number of carbonyl (C=O) groups is 1. The van der Waals surface area contributed by atoms with E-state index >= 15 is 0 Å². The van der Waals surface area contributed by atoms with Crippen molar-refractivity contribution in [2.75, 3.05) is 13.3 Å². The van der Waals surface area contributed by atoms with Crippen molar-refractivity contribution in [3.63, 3.8) is 0 Å². The average Bonchev–Trinajstić information content (AvgIpc) is 2.93. The fraction of sp³-hybridized carbons (Fsp3) is 0.429. The summed E-state index contributed by atoms with van der Waals surface area (Å²) in [7, 11) is 0. The van der Waals surface area contributed by atoms with Gasteiger partial charge in [-0.05, 0) is 23.6 Å². The Morgan fingerprint density at radius 2 is 2.15 bits per heavy atom. The molecule has 0 aromatic heterocycles. The molecule has 0 bridgehead atoms. The number of amides is 2. The lowest BCUT2D eigenvalue weighted by Gasteiger charge is -2.24. The van der Waals surface area contributed by atoms with Crippen LogP contribution in [0, 0.1) is 11.3 Å². The van der Waals surface area contributed by atoms with Crippen LogP contribution in [0.1, 0.15) is 25.5 Å². The number of ether oxygens (including phenoxy) is 2. The van der Waals surface area contributed by atoms with Crippen LogP contribution in [0.2, 0.25) is 0 Å². The zero-order valence-corrected chi connectivity index (χ0v) is 11.5. The monoisotopic (exact) mass is 275 g/mol. The number of amidine groups is 1. The molecule has 1 unspecified atom stereocenters. The summed E-state index contributed by atoms with van der Waals surface area (Å²) in [5.74, 6) is 1.91. The summed E-state index contributed by atoms with van der Waals surface area (Å²) < 4.78 is 10.6. The molecular weight excluding hydrogens is 258 g/mol. The lowest BCUT2D eigenvalue weighted by atomic mass is 10.0. The molecule has 0 spiro atoms. The minimum Gasteiger partial charge on any atom is -0.454 e. The number of nitrogens with zero attached hydrogens (tertiary/aromatic N) is 1. The summed E-state index contributed by atoms with van der Waals surface area (Å²) in [5.41, 5.74) is 0.859. The normalized spacial score (nSPS) is 20.8. The highest BCUT2D eigenvalue weighted by Crippen LogP contribution is 2.36. The highest BCUT2D eigenvalue weighted by atomic mass is 16.7. The van der Waals surface area contributed by atoms with Gasteiger partial charge in [-0.15, -0.1) is 0 Å². The average molecular weight is 275 g/mol. The predicted octanol–water partition coefficient (Wildman–Crippen LogP) is 2.11. The first kappa shape index (κ1) is 12.8.